The lowest BCUT2D eigenvalue weighted by atomic mass is 9.88. The average molecular weight is 326 g/mol. The van der Waals surface area contributed by atoms with Gasteiger partial charge in [0.25, 0.3) is 0 Å². The van der Waals surface area contributed by atoms with Crippen LogP contribution in [0.4, 0.5) is 0 Å². The number of nitrogens with two attached hydrogens (primary N) is 1. The molecule has 2 N–H and O–H groups in total. The number of aryl methyl sites for hydroxylation is 2. The Balaban J connectivity index is 2.38. The minimum absolute atomic E-state index is 0.549. The number of halogens is 2. The Kier molecular flexibility index (Phi) is 4.97. The van der Waals surface area contributed by atoms with Gasteiger partial charge in [0.05, 0.1) is 16.4 Å². The summed E-state index contributed by atoms with van der Waals surface area (Å²) in [6.07, 6.45) is 1.43. The second-order valence-corrected chi connectivity index (χ2v) is 6.30. The highest BCUT2D eigenvalue weighted by Gasteiger charge is 2.26. The van der Waals surface area contributed by atoms with Crippen LogP contribution < -0.4 is 5.73 Å². The molecule has 0 aliphatic carbocycles. The molecular weight excluding hydrogens is 305 g/mol. The SMILES string of the molecule is CCc1nn(CC)c(CC(C)(N)c2cccc(Cl)c2)c1Cl. The Morgan fingerprint density at radius 3 is 2.57 bits per heavy atom. The third-order valence-corrected chi connectivity index (χ3v) is 4.38. The van der Waals surface area contributed by atoms with Crippen molar-refractivity contribution in [3.8, 4) is 0 Å². The Morgan fingerprint density at radius 1 is 1.29 bits per heavy atom. The summed E-state index contributed by atoms with van der Waals surface area (Å²) in [6.45, 7) is 6.88. The van der Waals surface area contributed by atoms with Crippen molar-refractivity contribution >= 4 is 23.2 Å². The summed E-state index contributed by atoms with van der Waals surface area (Å²) >= 11 is 12.5. The predicted octanol–water partition coefficient (Wildman–Crippen LogP) is 4.19. The van der Waals surface area contributed by atoms with Crippen LogP contribution in [0.3, 0.4) is 0 Å². The molecular formula is C16H21Cl2N3. The van der Waals surface area contributed by atoms with Crippen LogP contribution in [-0.4, -0.2) is 9.78 Å². The number of rotatable bonds is 5. The molecule has 2 aromatic rings. The first-order chi connectivity index (χ1) is 9.89. The molecule has 0 spiro atoms. The molecule has 0 aliphatic rings. The van der Waals surface area contributed by atoms with Crippen molar-refractivity contribution in [2.75, 3.05) is 0 Å². The van der Waals surface area contributed by atoms with E-state index < -0.39 is 5.54 Å². The van der Waals surface area contributed by atoms with E-state index in [1.54, 1.807) is 0 Å². The van der Waals surface area contributed by atoms with E-state index in [-0.39, 0.29) is 0 Å². The number of hydrogen-bond donors (Lipinski definition) is 1. The smallest absolute Gasteiger partial charge is 0.0850 e. The molecule has 114 valence electrons. The molecule has 0 radical (unpaired) electrons. The second kappa shape index (κ2) is 6.39. The molecule has 1 aromatic carbocycles. The van der Waals surface area contributed by atoms with Gasteiger partial charge in [-0.15, -0.1) is 0 Å². The van der Waals surface area contributed by atoms with Gasteiger partial charge in [0, 0.05) is 23.5 Å². The van der Waals surface area contributed by atoms with Gasteiger partial charge in [-0.25, -0.2) is 0 Å². The normalized spacial score (nSPS) is 14.2. The Hall–Kier alpha value is -1.03. The van der Waals surface area contributed by atoms with E-state index in [0.29, 0.717) is 11.4 Å². The minimum Gasteiger partial charge on any atom is -0.321 e. The second-order valence-electron chi connectivity index (χ2n) is 5.48. The monoisotopic (exact) mass is 325 g/mol. The van der Waals surface area contributed by atoms with Crippen molar-refractivity contribution in [1.82, 2.24) is 9.78 Å². The topological polar surface area (TPSA) is 43.8 Å². The zero-order valence-corrected chi connectivity index (χ0v) is 14.2. The van der Waals surface area contributed by atoms with E-state index in [1.807, 2.05) is 35.9 Å². The fraction of sp³-hybridized carbons (Fsp3) is 0.438. The lowest BCUT2D eigenvalue weighted by Gasteiger charge is -2.26. The van der Waals surface area contributed by atoms with Crippen LogP contribution in [0.1, 0.15) is 37.7 Å². The van der Waals surface area contributed by atoms with Crippen molar-refractivity contribution in [3.05, 3.63) is 51.3 Å². The summed E-state index contributed by atoms with van der Waals surface area (Å²) in [5.41, 5.74) is 8.88. The standard InChI is InChI=1S/C16H21Cl2N3/c1-4-13-15(18)14(21(5-2)20-13)10-16(3,19)11-7-6-8-12(17)9-11/h6-9H,4-5,10,19H2,1-3H3. The molecule has 0 aliphatic heterocycles. The Bertz CT molecular complexity index is 632. The highest BCUT2D eigenvalue weighted by Crippen LogP contribution is 2.30. The minimum atomic E-state index is -0.549. The molecule has 1 heterocycles. The number of benzene rings is 1. The average Bonchev–Trinajstić information content (AvgIpc) is 2.75. The Labute approximate surface area is 136 Å². The summed E-state index contributed by atoms with van der Waals surface area (Å²) in [5.74, 6) is 0. The van der Waals surface area contributed by atoms with Gasteiger partial charge in [0.2, 0.25) is 0 Å². The van der Waals surface area contributed by atoms with Crippen molar-refractivity contribution < 1.29 is 0 Å². The number of nitrogens with zero attached hydrogens (tertiary/aromatic N) is 2. The Morgan fingerprint density at radius 2 is 2.00 bits per heavy atom. The van der Waals surface area contributed by atoms with Crippen molar-refractivity contribution in [3.63, 3.8) is 0 Å². The maximum atomic E-state index is 6.52. The maximum Gasteiger partial charge on any atom is 0.0850 e. The van der Waals surface area contributed by atoms with Gasteiger partial charge in [-0.05, 0) is 38.0 Å². The van der Waals surface area contributed by atoms with Gasteiger partial charge in [0.15, 0.2) is 0 Å². The van der Waals surface area contributed by atoms with Crippen LogP contribution in [0.15, 0.2) is 24.3 Å². The molecule has 21 heavy (non-hydrogen) atoms. The molecule has 3 nitrogen and oxygen atoms in total. The van der Waals surface area contributed by atoms with Crippen LogP contribution in [-0.2, 0) is 24.9 Å². The van der Waals surface area contributed by atoms with Crippen LogP contribution >= 0.6 is 23.2 Å². The summed E-state index contributed by atoms with van der Waals surface area (Å²) in [6, 6.07) is 7.66. The first-order valence-corrected chi connectivity index (χ1v) is 7.93. The van der Waals surface area contributed by atoms with Crippen molar-refractivity contribution in [1.29, 1.82) is 0 Å². The van der Waals surface area contributed by atoms with Crippen LogP contribution in [0.5, 0.6) is 0 Å². The van der Waals surface area contributed by atoms with Gasteiger partial charge < -0.3 is 5.73 Å². The first-order valence-electron chi connectivity index (χ1n) is 7.18. The first kappa shape index (κ1) is 16.3. The molecule has 0 saturated carbocycles. The molecule has 1 aromatic heterocycles. The highest BCUT2D eigenvalue weighted by atomic mass is 35.5. The molecule has 1 atom stereocenters. The summed E-state index contributed by atoms with van der Waals surface area (Å²) < 4.78 is 1.94. The van der Waals surface area contributed by atoms with Crippen LogP contribution in [0.25, 0.3) is 0 Å². The quantitative estimate of drug-likeness (QED) is 0.895. The van der Waals surface area contributed by atoms with E-state index in [1.165, 1.54) is 0 Å². The van der Waals surface area contributed by atoms with Gasteiger partial charge >= 0.3 is 0 Å². The van der Waals surface area contributed by atoms with Crippen LogP contribution in [0.2, 0.25) is 10.0 Å². The molecule has 0 amide bonds. The summed E-state index contributed by atoms with van der Waals surface area (Å²) in [4.78, 5) is 0. The third kappa shape index (κ3) is 3.42. The third-order valence-electron chi connectivity index (χ3n) is 3.71. The van der Waals surface area contributed by atoms with E-state index >= 15 is 0 Å². The van der Waals surface area contributed by atoms with Gasteiger partial charge in [-0.1, -0.05) is 42.3 Å². The fourth-order valence-corrected chi connectivity index (χ4v) is 3.01. The van der Waals surface area contributed by atoms with E-state index in [2.05, 4.69) is 18.9 Å². The van der Waals surface area contributed by atoms with Crippen LogP contribution in [0, 0.1) is 0 Å². The van der Waals surface area contributed by atoms with E-state index in [4.69, 9.17) is 28.9 Å². The molecule has 1 unspecified atom stereocenters. The maximum absolute atomic E-state index is 6.52. The van der Waals surface area contributed by atoms with Gasteiger partial charge in [0.1, 0.15) is 0 Å². The largest absolute Gasteiger partial charge is 0.321 e. The van der Waals surface area contributed by atoms with Crippen molar-refractivity contribution in [2.24, 2.45) is 5.73 Å². The molecule has 0 fully saturated rings. The molecule has 0 saturated heterocycles. The number of aromatic nitrogens is 2. The zero-order chi connectivity index (χ0) is 15.6. The van der Waals surface area contributed by atoms with E-state index in [9.17, 15) is 0 Å². The van der Waals surface area contributed by atoms with Crippen molar-refractivity contribution in [2.45, 2.75) is 45.7 Å². The van der Waals surface area contributed by atoms with Gasteiger partial charge in [-0.3, -0.25) is 4.68 Å². The molecule has 5 heteroatoms. The summed E-state index contributed by atoms with van der Waals surface area (Å²) in [5, 5.41) is 5.97. The summed E-state index contributed by atoms with van der Waals surface area (Å²) in [7, 11) is 0. The molecule has 0 bridgehead atoms. The zero-order valence-electron chi connectivity index (χ0n) is 12.7. The number of hydrogen-bond acceptors (Lipinski definition) is 2. The fourth-order valence-electron chi connectivity index (χ4n) is 2.48. The predicted molar refractivity (Wildman–Crippen MR) is 89.0 cm³/mol. The van der Waals surface area contributed by atoms with E-state index in [0.717, 1.165) is 34.9 Å². The molecule has 2 rings (SSSR count). The highest BCUT2D eigenvalue weighted by molar-refractivity contribution is 6.32. The lowest BCUT2D eigenvalue weighted by molar-refractivity contribution is 0.464. The van der Waals surface area contributed by atoms with Gasteiger partial charge in [-0.2, -0.15) is 5.10 Å². The lowest BCUT2D eigenvalue weighted by Crippen LogP contribution is -2.36.